The van der Waals surface area contributed by atoms with Crippen LogP contribution in [-0.2, 0) is 9.84 Å². The Balaban J connectivity index is 2.15. The predicted molar refractivity (Wildman–Crippen MR) is 67.9 cm³/mol. The second-order valence-electron chi connectivity index (χ2n) is 4.42. The molecular formula is C12H13NO5S. The molecule has 102 valence electrons. The van der Waals surface area contributed by atoms with E-state index in [4.69, 9.17) is 5.11 Å². The van der Waals surface area contributed by atoms with Crippen LogP contribution in [0.2, 0.25) is 0 Å². The van der Waals surface area contributed by atoms with Crippen molar-refractivity contribution >= 4 is 21.7 Å². The molecule has 1 amide bonds. The lowest BCUT2D eigenvalue weighted by Crippen LogP contribution is -2.36. The molecule has 1 heterocycles. The lowest BCUT2D eigenvalue weighted by atomic mass is 10.1. The third kappa shape index (κ3) is 3.11. The lowest BCUT2D eigenvalue weighted by molar-refractivity contribution is 0.0690. The molecule has 2 rings (SSSR count). The lowest BCUT2D eigenvalue weighted by Gasteiger charge is -2.12. The zero-order valence-corrected chi connectivity index (χ0v) is 10.8. The predicted octanol–water partition coefficient (Wildman–Crippen LogP) is 0.302. The molecule has 0 radical (unpaired) electrons. The molecule has 1 aromatic rings. The highest BCUT2D eigenvalue weighted by atomic mass is 32.2. The highest BCUT2D eigenvalue weighted by molar-refractivity contribution is 7.91. The number of hydrogen-bond acceptors (Lipinski definition) is 4. The third-order valence-electron chi connectivity index (χ3n) is 2.97. The van der Waals surface area contributed by atoms with Gasteiger partial charge in [0.2, 0.25) is 0 Å². The van der Waals surface area contributed by atoms with Gasteiger partial charge in [-0.1, -0.05) is 12.1 Å². The van der Waals surface area contributed by atoms with Gasteiger partial charge >= 0.3 is 5.97 Å². The standard InChI is InChI=1S/C12H13NO5S/c14-11(13-8-5-6-19(17,18)7-8)9-3-1-2-4-10(9)12(15)16/h1-4,8H,5-7H2,(H,13,14)(H,15,16). The second-order valence-corrected chi connectivity index (χ2v) is 6.65. The average Bonchev–Trinajstić information content (AvgIpc) is 2.68. The van der Waals surface area contributed by atoms with Gasteiger partial charge in [-0.2, -0.15) is 0 Å². The number of carboxylic acids is 1. The molecule has 7 heteroatoms. The molecule has 2 N–H and O–H groups in total. The maximum atomic E-state index is 12.0. The van der Waals surface area contributed by atoms with Crippen molar-refractivity contribution in [2.75, 3.05) is 11.5 Å². The Kier molecular flexibility index (Phi) is 3.57. The van der Waals surface area contributed by atoms with Crippen LogP contribution in [0.4, 0.5) is 0 Å². The van der Waals surface area contributed by atoms with Crippen LogP contribution in [0.3, 0.4) is 0 Å². The Morgan fingerprint density at radius 1 is 1.21 bits per heavy atom. The molecule has 1 atom stereocenters. The van der Waals surface area contributed by atoms with Crippen LogP contribution in [0.1, 0.15) is 27.1 Å². The summed E-state index contributed by atoms with van der Waals surface area (Å²) in [5.41, 5.74) is -0.0554. The number of aromatic carboxylic acids is 1. The molecule has 0 aliphatic carbocycles. The van der Waals surface area contributed by atoms with Gasteiger partial charge in [-0.3, -0.25) is 4.79 Å². The fourth-order valence-corrected chi connectivity index (χ4v) is 3.71. The van der Waals surface area contributed by atoms with Crippen LogP contribution in [0.25, 0.3) is 0 Å². The van der Waals surface area contributed by atoms with Gasteiger partial charge in [0.25, 0.3) is 5.91 Å². The van der Waals surface area contributed by atoms with E-state index in [1.165, 1.54) is 18.2 Å². The number of amides is 1. The number of carbonyl (C=O) groups excluding carboxylic acids is 1. The van der Waals surface area contributed by atoms with Crippen LogP contribution in [0, 0.1) is 0 Å². The normalized spacial score (nSPS) is 20.9. The van der Waals surface area contributed by atoms with Crippen molar-refractivity contribution in [1.82, 2.24) is 5.32 Å². The minimum atomic E-state index is -3.08. The van der Waals surface area contributed by atoms with Crippen LogP contribution < -0.4 is 5.32 Å². The smallest absolute Gasteiger partial charge is 0.336 e. The summed E-state index contributed by atoms with van der Waals surface area (Å²) >= 11 is 0. The zero-order chi connectivity index (χ0) is 14.0. The summed E-state index contributed by atoms with van der Waals surface area (Å²) in [6, 6.07) is 5.39. The van der Waals surface area contributed by atoms with Crippen LogP contribution in [0.5, 0.6) is 0 Å². The Hall–Kier alpha value is -1.89. The topological polar surface area (TPSA) is 101 Å². The summed E-state index contributed by atoms with van der Waals surface area (Å²) in [5, 5.41) is 11.5. The monoisotopic (exact) mass is 283 g/mol. The van der Waals surface area contributed by atoms with Gasteiger partial charge in [0.15, 0.2) is 9.84 Å². The van der Waals surface area contributed by atoms with Gasteiger partial charge in [0.1, 0.15) is 0 Å². The van der Waals surface area contributed by atoms with Gasteiger partial charge in [-0.05, 0) is 18.6 Å². The Bertz CT molecular complexity index is 623. The molecule has 6 nitrogen and oxygen atoms in total. The molecule has 0 spiro atoms. The number of benzene rings is 1. The Morgan fingerprint density at radius 2 is 1.84 bits per heavy atom. The van der Waals surface area contributed by atoms with Crippen LogP contribution in [-0.4, -0.2) is 42.9 Å². The van der Waals surface area contributed by atoms with Crippen molar-refractivity contribution in [3.63, 3.8) is 0 Å². The average molecular weight is 283 g/mol. The maximum Gasteiger partial charge on any atom is 0.336 e. The summed E-state index contributed by atoms with van der Waals surface area (Å²) in [4.78, 5) is 23.0. The van der Waals surface area contributed by atoms with Gasteiger partial charge < -0.3 is 10.4 Å². The van der Waals surface area contributed by atoms with Crippen molar-refractivity contribution in [3.8, 4) is 0 Å². The number of carboxylic acid groups (broad SMARTS) is 1. The zero-order valence-electron chi connectivity index (χ0n) is 10.00. The summed E-state index contributed by atoms with van der Waals surface area (Å²) in [5.74, 6) is -1.78. The van der Waals surface area contributed by atoms with Gasteiger partial charge in [0, 0.05) is 6.04 Å². The fraction of sp³-hybridized carbons (Fsp3) is 0.333. The number of rotatable bonds is 3. The summed E-state index contributed by atoms with van der Waals surface area (Å²) in [6.45, 7) is 0. The molecule has 1 aliphatic heterocycles. The maximum absolute atomic E-state index is 12.0. The number of sulfone groups is 1. The van der Waals surface area contributed by atoms with E-state index >= 15 is 0 Å². The first-order chi connectivity index (χ1) is 8.89. The van der Waals surface area contributed by atoms with E-state index < -0.39 is 27.8 Å². The Labute approximate surface area is 110 Å². The van der Waals surface area contributed by atoms with Gasteiger partial charge in [-0.25, -0.2) is 13.2 Å². The minimum absolute atomic E-state index is 0.0410. The molecule has 0 saturated carbocycles. The first-order valence-corrected chi connectivity index (χ1v) is 7.55. The molecule has 1 saturated heterocycles. The number of carbonyl (C=O) groups is 2. The highest BCUT2D eigenvalue weighted by Gasteiger charge is 2.29. The third-order valence-corrected chi connectivity index (χ3v) is 4.74. The van der Waals surface area contributed by atoms with Crippen LogP contribution >= 0.6 is 0 Å². The van der Waals surface area contributed by atoms with Crippen molar-refractivity contribution in [3.05, 3.63) is 35.4 Å². The first-order valence-electron chi connectivity index (χ1n) is 5.73. The molecule has 19 heavy (non-hydrogen) atoms. The van der Waals surface area contributed by atoms with E-state index in [1.54, 1.807) is 6.07 Å². The quantitative estimate of drug-likeness (QED) is 0.831. The number of nitrogens with one attached hydrogen (secondary N) is 1. The van der Waals surface area contributed by atoms with E-state index in [0.29, 0.717) is 6.42 Å². The van der Waals surface area contributed by atoms with Gasteiger partial charge in [0.05, 0.1) is 22.6 Å². The number of hydrogen-bond donors (Lipinski definition) is 2. The SMILES string of the molecule is O=C(O)c1ccccc1C(=O)NC1CCS(=O)(=O)C1. The summed E-state index contributed by atoms with van der Waals surface area (Å²) < 4.78 is 22.6. The van der Waals surface area contributed by atoms with Crippen molar-refractivity contribution in [2.24, 2.45) is 0 Å². The van der Waals surface area contributed by atoms with Crippen molar-refractivity contribution < 1.29 is 23.1 Å². The van der Waals surface area contributed by atoms with E-state index in [1.807, 2.05) is 0 Å². The van der Waals surface area contributed by atoms with Crippen molar-refractivity contribution in [2.45, 2.75) is 12.5 Å². The van der Waals surface area contributed by atoms with Crippen LogP contribution in [0.15, 0.2) is 24.3 Å². The Morgan fingerprint density at radius 3 is 2.37 bits per heavy atom. The molecule has 0 bridgehead atoms. The van der Waals surface area contributed by atoms with E-state index in [9.17, 15) is 18.0 Å². The van der Waals surface area contributed by atoms with E-state index in [0.717, 1.165) is 0 Å². The van der Waals surface area contributed by atoms with Gasteiger partial charge in [-0.15, -0.1) is 0 Å². The van der Waals surface area contributed by atoms with Crippen molar-refractivity contribution in [1.29, 1.82) is 0 Å². The summed E-state index contributed by atoms with van der Waals surface area (Å²) in [7, 11) is -3.08. The molecule has 1 aromatic carbocycles. The highest BCUT2D eigenvalue weighted by Crippen LogP contribution is 2.14. The summed E-state index contributed by atoms with van der Waals surface area (Å²) in [6.07, 6.45) is 0.364. The molecule has 1 unspecified atom stereocenters. The molecule has 1 aliphatic rings. The van der Waals surface area contributed by atoms with E-state index in [2.05, 4.69) is 5.32 Å². The second kappa shape index (κ2) is 5.00. The minimum Gasteiger partial charge on any atom is -0.478 e. The molecular weight excluding hydrogens is 270 g/mol. The molecule has 1 fully saturated rings. The largest absolute Gasteiger partial charge is 0.478 e. The molecule has 0 aromatic heterocycles. The first kappa shape index (κ1) is 13.5. The van der Waals surface area contributed by atoms with E-state index in [-0.39, 0.29) is 22.6 Å². The fourth-order valence-electron chi connectivity index (χ4n) is 2.04.